The van der Waals surface area contributed by atoms with E-state index in [0.717, 1.165) is 0 Å². The van der Waals surface area contributed by atoms with Crippen LogP contribution in [0.5, 0.6) is 0 Å². The number of carbonyl (C=O) groups excluding carboxylic acids is 1. The normalized spacial score (nSPS) is 18.0. The third-order valence-electron chi connectivity index (χ3n) is 3.60. The molecule has 22 heavy (non-hydrogen) atoms. The minimum absolute atomic E-state index is 0.148. The Hall–Kier alpha value is -2.45. The van der Waals surface area contributed by atoms with Gasteiger partial charge in [-0.25, -0.2) is 22.2 Å². The molecule has 0 aliphatic carbocycles. The van der Waals surface area contributed by atoms with Crippen molar-refractivity contribution >= 4 is 5.91 Å². The summed E-state index contributed by atoms with van der Waals surface area (Å²) in [5.74, 6) is -8.10. The van der Waals surface area contributed by atoms with Crippen LogP contribution in [0.2, 0.25) is 0 Å². The molecule has 0 spiro atoms. The standard InChI is InChI=1S/C13H10F4N4O/c14-9-5-8(10(15)12(17)11(9)16)13(22)20-3-1-7(6-20)21-4-2-18-19-21/h2,4-5,7H,1,3,6H2. The molecule has 0 bridgehead atoms. The fourth-order valence-electron chi connectivity index (χ4n) is 2.45. The number of rotatable bonds is 2. The number of hydrogen-bond donors (Lipinski definition) is 0. The maximum absolute atomic E-state index is 13.7. The van der Waals surface area contributed by atoms with Crippen LogP contribution < -0.4 is 0 Å². The number of nitrogens with zero attached hydrogens (tertiary/aromatic N) is 4. The van der Waals surface area contributed by atoms with Gasteiger partial charge in [-0.1, -0.05) is 5.21 Å². The van der Waals surface area contributed by atoms with Crippen molar-refractivity contribution in [3.05, 3.63) is 47.3 Å². The van der Waals surface area contributed by atoms with E-state index >= 15 is 0 Å². The van der Waals surface area contributed by atoms with E-state index < -0.39 is 34.7 Å². The molecule has 1 saturated heterocycles. The lowest BCUT2D eigenvalue weighted by atomic mass is 10.1. The Balaban J connectivity index is 1.84. The molecular formula is C13H10F4N4O. The first-order chi connectivity index (χ1) is 10.5. The van der Waals surface area contributed by atoms with E-state index in [1.807, 2.05) is 0 Å². The third kappa shape index (κ3) is 2.32. The maximum atomic E-state index is 13.7. The molecule has 2 aromatic rings. The zero-order chi connectivity index (χ0) is 15.9. The zero-order valence-corrected chi connectivity index (χ0v) is 11.1. The summed E-state index contributed by atoms with van der Waals surface area (Å²) in [6, 6.07) is 0.225. The second-order valence-corrected chi connectivity index (χ2v) is 4.92. The maximum Gasteiger partial charge on any atom is 0.257 e. The van der Waals surface area contributed by atoms with E-state index in [0.29, 0.717) is 12.5 Å². The Kier molecular flexibility index (Phi) is 3.55. The number of aromatic nitrogens is 3. The van der Waals surface area contributed by atoms with Crippen molar-refractivity contribution in [3.63, 3.8) is 0 Å². The molecule has 1 fully saturated rings. The number of carbonyl (C=O) groups is 1. The Morgan fingerprint density at radius 3 is 2.64 bits per heavy atom. The van der Waals surface area contributed by atoms with Gasteiger partial charge in [0.15, 0.2) is 23.3 Å². The summed E-state index contributed by atoms with van der Waals surface area (Å²) in [5.41, 5.74) is -0.823. The minimum atomic E-state index is -1.99. The van der Waals surface area contributed by atoms with Crippen LogP contribution in [-0.4, -0.2) is 38.9 Å². The van der Waals surface area contributed by atoms with E-state index in [9.17, 15) is 22.4 Å². The molecule has 3 rings (SSSR count). The van der Waals surface area contributed by atoms with E-state index in [1.165, 1.54) is 11.1 Å². The van der Waals surface area contributed by atoms with Crippen LogP contribution in [-0.2, 0) is 0 Å². The van der Waals surface area contributed by atoms with Crippen molar-refractivity contribution in [2.75, 3.05) is 13.1 Å². The summed E-state index contributed by atoms with van der Waals surface area (Å²) >= 11 is 0. The lowest BCUT2D eigenvalue weighted by Gasteiger charge is -2.17. The number of likely N-dealkylation sites (tertiary alicyclic amines) is 1. The second kappa shape index (κ2) is 5.39. The van der Waals surface area contributed by atoms with E-state index in [2.05, 4.69) is 10.3 Å². The van der Waals surface area contributed by atoms with Crippen molar-refractivity contribution in [2.24, 2.45) is 0 Å². The molecule has 0 N–H and O–H groups in total. The number of amides is 1. The molecule has 1 aliphatic heterocycles. The molecule has 2 heterocycles. The lowest BCUT2D eigenvalue weighted by Crippen LogP contribution is -2.30. The van der Waals surface area contributed by atoms with Crippen LogP contribution in [0.15, 0.2) is 18.5 Å². The van der Waals surface area contributed by atoms with Crippen LogP contribution in [0, 0.1) is 23.3 Å². The van der Waals surface area contributed by atoms with Crippen molar-refractivity contribution < 1.29 is 22.4 Å². The van der Waals surface area contributed by atoms with E-state index in [-0.39, 0.29) is 19.1 Å². The smallest absolute Gasteiger partial charge is 0.257 e. The van der Waals surface area contributed by atoms with Gasteiger partial charge in [-0.05, 0) is 12.5 Å². The van der Waals surface area contributed by atoms with Gasteiger partial charge in [0, 0.05) is 19.3 Å². The fraction of sp³-hybridized carbons (Fsp3) is 0.308. The quantitative estimate of drug-likeness (QED) is 0.483. The topological polar surface area (TPSA) is 51.0 Å². The Labute approximate surface area is 122 Å². The van der Waals surface area contributed by atoms with Crippen molar-refractivity contribution in [2.45, 2.75) is 12.5 Å². The van der Waals surface area contributed by atoms with E-state index in [1.54, 1.807) is 10.9 Å². The lowest BCUT2D eigenvalue weighted by molar-refractivity contribution is 0.0780. The third-order valence-corrected chi connectivity index (χ3v) is 3.60. The number of benzene rings is 1. The summed E-state index contributed by atoms with van der Waals surface area (Å²) in [6.07, 6.45) is 3.65. The van der Waals surface area contributed by atoms with Gasteiger partial charge in [0.1, 0.15) is 0 Å². The highest BCUT2D eigenvalue weighted by atomic mass is 19.2. The van der Waals surface area contributed by atoms with Crippen molar-refractivity contribution in [1.29, 1.82) is 0 Å². The Bertz CT molecular complexity index is 719. The molecule has 1 amide bonds. The van der Waals surface area contributed by atoms with Gasteiger partial charge >= 0.3 is 0 Å². The minimum Gasteiger partial charge on any atom is -0.336 e. The molecule has 116 valence electrons. The van der Waals surface area contributed by atoms with Crippen LogP contribution in [0.1, 0.15) is 22.8 Å². The average molecular weight is 314 g/mol. The number of hydrogen-bond acceptors (Lipinski definition) is 3. The highest BCUT2D eigenvalue weighted by Crippen LogP contribution is 2.25. The number of halogens is 4. The average Bonchev–Trinajstić information content (AvgIpc) is 3.18. The fourth-order valence-corrected chi connectivity index (χ4v) is 2.45. The zero-order valence-electron chi connectivity index (χ0n) is 11.1. The van der Waals surface area contributed by atoms with Gasteiger partial charge in [-0.15, -0.1) is 5.10 Å². The Morgan fingerprint density at radius 1 is 1.18 bits per heavy atom. The molecular weight excluding hydrogens is 304 g/mol. The van der Waals surface area contributed by atoms with Crippen molar-refractivity contribution in [1.82, 2.24) is 19.9 Å². The summed E-state index contributed by atoms with van der Waals surface area (Å²) in [7, 11) is 0. The monoisotopic (exact) mass is 314 g/mol. The first kappa shape index (κ1) is 14.5. The summed E-state index contributed by atoms with van der Waals surface area (Å²) in [5, 5.41) is 7.46. The van der Waals surface area contributed by atoms with Crippen LogP contribution >= 0.6 is 0 Å². The molecule has 1 aliphatic rings. The first-order valence-electron chi connectivity index (χ1n) is 6.47. The van der Waals surface area contributed by atoms with Crippen LogP contribution in [0.25, 0.3) is 0 Å². The predicted octanol–water partition coefficient (Wildman–Crippen LogP) is 1.92. The molecule has 5 nitrogen and oxygen atoms in total. The molecule has 1 aromatic heterocycles. The molecule has 0 radical (unpaired) electrons. The second-order valence-electron chi connectivity index (χ2n) is 4.92. The molecule has 1 unspecified atom stereocenters. The summed E-state index contributed by atoms with van der Waals surface area (Å²) in [6.45, 7) is 0.464. The van der Waals surface area contributed by atoms with Crippen molar-refractivity contribution in [3.8, 4) is 0 Å². The molecule has 1 aromatic carbocycles. The first-order valence-corrected chi connectivity index (χ1v) is 6.47. The van der Waals surface area contributed by atoms with Gasteiger partial charge in [0.2, 0.25) is 0 Å². The highest BCUT2D eigenvalue weighted by molar-refractivity contribution is 5.94. The van der Waals surface area contributed by atoms with Crippen LogP contribution in [0.4, 0.5) is 17.6 Å². The summed E-state index contributed by atoms with van der Waals surface area (Å²) < 4.78 is 54.5. The van der Waals surface area contributed by atoms with Gasteiger partial charge in [0.05, 0.1) is 17.8 Å². The highest BCUT2D eigenvalue weighted by Gasteiger charge is 2.32. The van der Waals surface area contributed by atoms with E-state index in [4.69, 9.17) is 0 Å². The molecule has 0 saturated carbocycles. The van der Waals surface area contributed by atoms with Gasteiger partial charge in [-0.3, -0.25) is 4.79 Å². The van der Waals surface area contributed by atoms with Crippen LogP contribution in [0.3, 0.4) is 0 Å². The van der Waals surface area contributed by atoms with Gasteiger partial charge < -0.3 is 4.90 Å². The SMILES string of the molecule is O=C(c1cc(F)c(F)c(F)c1F)N1CCC(n2ccnn2)C1. The van der Waals surface area contributed by atoms with Gasteiger partial charge in [0.25, 0.3) is 5.91 Å². The largest absolute Gasteiger partial charge is 0.336 e. The predicted molar refractivity (Wildman–Crippen MR) is 65.9 cm³/mol. The molecule has 1 atom stereocenters. The van der Waals surface area contributed by atoms with Gasteiger partial charge in [-0.2, -0.15) is 0 Å². The summed E-state index contributed by atoms with van der Waals surface area (Å²) in [4.78, 5) is 13.4. The molecule has 9 heteroatoms. The Morgan fingerprint density at radius 2 is 1.95 bits per heavy atom.